The van der Waals surface area contributed by atoms with Crippen molar-refractivity contribution in [2.45, 2.75) is 32.2 Å². The van der Waals surface area contributed by atoms with Gasteiger partial charge in [-0.15, -0.1) is 0 Å². The van der Waals surface area contributed by atoms with Crippen molar-refractivity contribution < 1.29 is 4.79 Å². The molecule has 164 valence electrons. The first kappa shape index (κ1) is 22.0. The van der Waals surface area contributed by atoms with E-state index >= 15 is 0 Å². The zero-order valence-electron chi connectivity index (χ0n) is 18.4. The number of nitrogens with one attached hydrogen (secondary N) is 2. The number of carbonyl (C=O) groups excluding carboxylic acids is 1. The normalized spacial score (nSPS) is 14.5. The molecule has 0 aromatic heterocycles. The van der Waals surface area contributed by atoms with Gasteiger partial charge in [-0.05, 0) is 73.8 Å². The van der Waals surface area contributed by atoms with E-state index in [9.17, 15) is 4.79 Å². The smallest absolute Gasteiger partial charge is 0.253 e. The van der Waals surface area contributed by atoms with Crippen molar-refractivity contribution in [3.63, 3.8) is 0 Å². The van der Waals surface area contributed by atoms with E-state index in [-0.39, 0.29) is 11.9 Å². The molecule has 1 unspecified atom stereocenters. The number of hydrogen-bond acceptors (Lipinski definition) is 2. The molecule has 1 aliphatic rings. The van der Waals surface area contributed by atoms with Crippen molar-refractivity contribution in [3.8, 4) is 0 Å². The number of rotatable bonds is 5. The highest BCUT2D eigenvalue weighted by Crippen LogP contribution is 2.23. The molecule has 1 amide bonds. The lowest BCUT2D eigenvalue weighted by atomic mass is 9.98. The van der Waals surface area contributed by atoms with Crippen molar-refractivity contribution in [1.82, 2.24) is 10.2 Å². The van der Waals surface area contributed by atoms with Crippen LogP contribution in [-0.2, 0) is 0 Å². The predicted octanol–water partition coefficient (Wildman–Crippen LogP) is 5.70. The van der Waals surface area contributed by atoms with E-state index in [1.165, 1.54) is 12.0 Å². The van der Waals surface area contributed by atoms with Crippen LogP contribution in [0.1, 0.15) is 52.4 Å². The summed E-state index contributed by atoms with van der Waals surface area (Å²) in [5.74, 6) is 0.112. The monoisotopic (exact) mass is 443 g/mol. The van der Waals surface area contributed by atoms with E-state index in [1.54, 1.807) is 0 Å². The molecule has 4 nitrogen and oxygen atoms in total. The molecule has 0 aliphatic carbocycles. The Balaban J connectivity index is 1.44. The number of amides is 1. The molecular formula is C27H29N3OS. The Morgan fingerprint density at radius 1 is 0.844 bits per heavy atom. The summed E-state index contributed by atoms with van der Waals surface area (Å²) in [6, 6.07) is 26.3. The van der Waals surface area contributed by atoms with Gasteiger partial charge >= 0.3 is 0 Å². The first-order valence-electron chi connectivity index (χ1n) is 11.2. The molecule has 3 aromatic rings. The van der Waals surface area contributed by atoms with Crippen molar-refractivity contribution in [2.75, 3.05) is 18.4 Å². The second kappa shape index (κ2) is 10.4. The number of thiocarbonyl (C=S) groups is 1. The van der Waals surface area contributed by atoms with Crippen LogP contribution < -0.4 is 10.6 Å². The fourth-order valence-corrected chi connectivity index (χ4v) is 4.27. The van der Waals surface area contributed by atoms with Crippen LogP contribution >= 0.6 is 12.2 Å². The fraction of sp³-hybridized carbons (Fsp3) is 0.259. The summed E-state index contributed by atoms with van der Waals surface area (Å²) in [6.45, 7) is 3.79. The van der Waals surface area contributed by atoms with Crippen LogP contribution in [0.15, 0.2) is 78.9 Å². The Hall–Kier alpha value is -3.18. The van der Waals surface area contributed by atoms with Gasteiger partial charge in [0.25, 0.3) is 5.91 Å². The summed E-state index contributed by atoms with van der Waals surface area (Å²) in [7, 11) is 0. The molecule has 2 N–H and O–H groups in total. The minimum absolute atomic E-state index is 0.0586. The topological polar surface area (TPSA) is 44.4 Å². The number of carbonyl (C=O) groups is 1. The van der Waals surface area contributed by atoms with Crippen molar-refractivity contribution >= 4 is 28.9 Å². The summed E-state index contributed by atoms with van der Waals surface area (Å²) in [5, 5.41) is 7.25. The van der Waals surface area contributed by atoms with Gasteiger partial charge < -0.3 is 15.5 Å². The molecule has 1 saturated heterocycles. The average Bonchev–Trinajstić information content (AvgIpc) is 2.84. The van der Waals surface area contributed by atoms with E-state index in [4.69, 9.17) is 12.2 Å². The van der Waals surface area contributed by atoms with Crippen LogP contribution in [-0.4, -0.2) is 29.0 Å². The standard InChI is InChI=1S/C27H29N3OS/c1-20-10-12-22(13-11-20)25(21-8-4-2-5-9-21)29-27(32)28-24-16-14-23(15-17-24)26(31)30-18-6-3-7-19-30/h2,4-5,8-17,25H,3,6-7,18-19H2,1H3,(H2,28,29,32). The highest BCUT2D eigenvalue weighted by Gasteiger charge is 2.18. The van der Waals surface area contributed by atoms with Crippen LogP contribution in [0.4, 0.5) is 5.69 Å². The van der Waals surface area contributed by atoms with Gasteiger partial charge in [-0.25, -0.2) is 0 Å². The van der Waals surface area contributed by atoms with Crippen LogP contribution in [0, 0.1) is 6.92 Å². The average molecular weight is 444 g/mol. The van der Waals surface area contributed by atoms with Gasteiger partial charge in [0.05, 0.1) is 6.04 Å². The molecule has 1 heterocycles. The predicted molar refractivity (Wildman–Crippen MR) is 135 cm³/mol. The number of anilines is 1. The molecule has 32 heavy (non-hydrogen) atoms. The van der Waals surface area contributed by atoms with E-state index in [0.717, 1.165) is 48.3 Å². The lowest BCUT2D eigenvalue weighted by molar-refractivity contribution is 0.0724. The van der Waals surface area contributed by atoms with Gasteiger partial charge in [-0.1, -0.05) is 60.2 Å². The maximum absolute atomic E-state index is 12.7. The Labute approximate surface area is 195 Å². The fourth-order valence-electron chi connectivity index (χ4n) is 4.04. The van der Waals surface area contributed by atoms with E-state index in [0.29, 0.717) is 5.11 Å². The number of hydrogen-bond donors (Lipinski definition) is 2. The van der Waals surface area contributed by atoms with E-state index < -0.39 is 0 Å². The molecule has 1 fully saturated rings. The zero-order valence-corrected chi connectivity index (χ0v) is 19.2. The second-order valence-electron chi connectivity index (χ2n) is 8.28. The first-order valence-corrected chi connectivity index (χ1v) is 11.6. The molecule has 0 radical (unpaired) electrons. The maximum Gasteiger partial charge on any atom is 0.253 e. The summed E-state index contributed by atoms with van der Waals surface area (Å²) < 4.78 is 0. The van der Waals surface area contributed by atoms with Crippen LogP contribution in [0.3, 0.4) is 0 Å². The molecule has 5 heteroatoms. The van der Waals surface area contributed by atoms with Gasteiger partial charge in [0, 0.05) is 24.3 Å². The van der Waals surface area contributed by atoms with Crippen LogP contribution in [0.5, 0.6) is 0 Å². The third kappa shape index (κ3) is 5.54. The first-order chi connectivity index (χ1) is 15.6. The third-order valence-electron chi connectivity index (χ3n) is 5.85. The SMILES string of the molecule is Cc1ccc(C(NC(=S)Nc2ccc(C(=O)N3CCCCC3)cc2)c2ccccc2)cc1. The quantitative estimate of drug-likeness (QED) is 0.497. The van der Waals surface area contributed by atoms with E-state index in [1.807, 2.05) is 47.4 Å². The molecule has 3 aromatic carbocycles. The minimum Gasteiger partial charge on any atom is -0.352 e. The third-order valence-corrected chi connectivity index (χ3v) is 6.07. The lowest BCUT2D eigenvalue weighted by Crippen LogP contribution is -2.35. The van der Waals surface area contributed by atoms with Gasteiger partial charge in [0.15, 0.2) is 5.11 Å². The van der Waals surface area contributed by atoms with Gasteiger partial charge in [0.2, 0.25) is 0 Å². The summed E-state index contributed by atoms with van der Waals surface area (Å²) >= 11 is 5.63. The molecule has 0 bridgehead atoms. The van der Waals surface area contributed by atoms with Crippen molar-refractivity contribution in [1.29, 1.82) is 0 Å². The maximum atomic E-state index is 12.7. The minimum atomic E-state index is -0.0586. The van der Waals surface area contributed by atoms with Gasteiger partial charge in [-0.3, -0.25) is 4.79 Å². The van der Waals surface area contributed by atoms with Crippen LogP contribution in [0.25, 0.3) is 0 Å². The number of aryl methyl sites for hydroxylation is 1. The summed E-state index contributed by atoms with van der Waals surface area (Å²) in [5.41, 5.74) is 5.09. The highest BCUT2D eigenvalue weighted by molar-refractivity contribution is 7.80. The van der Waals surface area contributed by atoms with Crippen molar-refractivity contribution in [2.24, 2.45) is 0 Å². The molecule has 0 saturated carbocycles. The van der Waals surface area contributed by atoms with E-state index in [2.05, 4.69) is 54.0 Å². The Morgan fingerprint density at radius 3 is 2.12 bits per heavy atom. The van der Waals surface area contributed by atoms with Gasteiger partial charge in [-0.2, -0.15) is 0 Å². The molecule has 1 aliphatic heterocycles. The lowest BCUT2D eigenvalue weighted by Gasteiger charge is -2.26. The molecular weight excluding hydrogens is 414 g/mol. The zero-order chi connectivity index (χ0) is 22.3. The summed E-state index contributed by atoms with van der Waals surface area (Å²) in [4.78, 5) is 14.6. The number of nitrogens with zero attached hydrogens (tertiary/aromatic N) is 1. The van der Waals surface area contributed by atoms with Crippen LogP contribution in [0.2, 0.25) is 0 Å². The second-order valence-corrected chi connectivity index (χ2v) is 8.69. The number of likely N-dealkylation sites (tertiary alicyclic amines) is 1. The van der Waals surface area contributed by atoms with Crippen molar-refractivity contribution in [3.05, 3.63) is 101 Å². The van der Waals surface area contributed by atoms with Gasteiger partial charge in [0.1, 0.15) is 0 Å². The largest absolute Gasteiger partial charge is 0.352 e. The highest BCUT2D eigenvalue weighted by atomic mass is 32.1. The Bertz CT molecular complexity index is 1040. The molecule has 4 rings (SSSR count). The Kier molecular flexibility index (Phi) is 7.17. The number of benzene rings is 3. The Morgan fingerprint density at radius 2 is 1.47 bits per heavy atom. The summed E-state index contributed by atoms with van der Waals surface area (Å²) in [6.07, 6.45) is 3.40. The molecule has 0 spiro atoms. The molecule has 1 atom stereocenters. The number of piperidine rings is 1.